The topological polar surface area (TPSA) is 49.3 Å². The normalized spacial score (nSPS) is 24.7. The maximum Gasteiger partial charge on any atom is 0.335 e. The standard InChI is InChI=1S/C19H16FNO2/c20-13-8-9-17-16(10-13)14-2-1-3-15(14)18(21-17)11-4-6-12(7-5-11)19(22)23/h1-2,4-10,14-15,18,21H,3H2,(H,22,23)/t14-,15-,18+/m0/s1. The lowest BCUT2D eigenvalue weighted by molar-refractivity contribution is 0.0697. The summed E-state index contributed by atoms with van der Waals surface area (Å²) in [6, 6.07) is 12.0. The van der Waals surface area contributed by atoms with E-state index in [2.05, 4.69) is 17.5 Å². The Bertz CT molecular complexity index is 798. The van der Waals surface area contributed by atoms with Gasteiger partial charge in [0.15, 0.2) is 0 Å². The quantitative estimate of drug-likeness (QED) is 0.811. The van der Waals surface area contributed by atoms with Gasteiger partial charge in [0, 0.05) is 11.6 Å². The highest BCUT2D eigenvalue weighted by molar-refractivity contribution is 5.87. The second-order valence-corrected chi connectivity index (χ2v) is 6.13. The molecule has 4 rings (SSSR count). The highest BCUT2D eigenvalue weighted by Crippen LogP contribution is 2.49. The number of hydrogen-bond acceptors (Lipinski definition) is 2. The highest BCUT2D eigenvalue weighted by Gasteiger charge is 2.37. The van der Waals surface area contributed by atoms with Gasteiger partial charge in [-0.2, -0.15) is 0 Å². The fourth-order valence-corrected chi connectivity index (χ4v) is 3.73. The van der Waals surface area contributed by atoms with Crippen LogP contribution in [0.4, 0.5) is 10.1 Å². The van der Waals surface area contributed by atoms with Crippen molar-refractivity contribution in [1.29, 1.82) is 0 Å². The van der Waals surface area contributed by atoms with Crippen LogP contribution in [0.3, 0.4) is 0 Å². The summed E-state index contributed by atoms with van der Waals surface area (Å²) in [5.74, 6) is -0.616. The third-order valence-electron chi connectivity index (χ3n) is 4.84. The van der Waals surface area contributed by atoms with Gasteiger partial charge in [-0.15, -0.1) is 0 Å². The van der Waals surface area contributed by atoms with E-state index < -0.39 is 5.97 Å². The van der Waals surface area contributed by atoms with E-state index in [-0.39, 0.29) is 23.3 Å². The number of rotatable bonds is 2. The van der Waals surface area contributed by atoms with E-state index in [0.29, 0.717) is 5.92 Å². The van der Waals surface area contributed by atoms with Gasteiger partial charge < -0.3 is 10.4 Å². The SMILES string of the molecule is O=C(O)c1ccc([C@H]2Nc3ccc(F)cc3[C@H]3C=CC[C@@H]32)cc1. The Morgan fingerprint density at radius 2 is 1.96 bits per heavy atom. The second kappa shape index (κ2) is 5.23. The molecule has 1 aliphatic heterocycles. The first-order valence-electron chi connectivity index (χ1n) is 7.69. The molecular formula is C19H16FNO2. The van der Waals surface area contributed by atoms with Crippen LogP contribution < -0.4 is 5.32 Å². The maximum atomic E-state index is 13.6. The summed E-state index contributed by atoms with van der Waals surface area (Å²) in [5.41, 5.74) is 3.30. The molecule has 0 bridgehead atoms. The van der Waals surface area contributed by atoms with Crippen LogP contribution in [0, 0.1) is 11.7 Å². The van der Waals surface area contributed by atoms with Gasteiger partial charge in [0.2, 0.25) is 0 Å². The average molecular weight is 309 g/mol. The molecule has 116 valence electrons. The summed E-state index contributed by atoms with van der Waals surface area (Å²) in [6.07, 6.45) is 5.23. The zero-order chi connectivity index (χ0) is 16.0. The van der Waals surface area contributed by atoms with Gasteiger partial charge >= 0.3 is 5.97 Å². The number of carboxylic acid groups (broad SMARTS) is 1. The molecule has 23 heavy (non-hydrogen) atoms. The van der Waals surface area contributed by atoms with Gasteiger partial charge in [-0.3, -0.25) is 0 Å². The minimum Gasteiger partial charge on any atom is -0.478 e. The number of fused-ring (bicyclic) bond motifs is 3. The molecule has 0 fully saturated rings. The summed E-state index contributed by atoms with van der Waals surface area (Å²) in [5, 5.41) is 12.5. The molecule has 2 aromatic rings. The first kappa shape index (κ1) is 14.0. The molecule has 1 aliphatic carbocycles. The van der Waals surface area contributed by atoms with Crippen LogP contribution in [-0.4, -0.2) is 11.1 Å². The van der Waals surface area contributed by atoms with E-state index in [1.54, 1.807) is 24.3 Å². The van der Waals surface area contributed by atoms with E-state index >= 15 is 0 Å². The molecule has 2 aliphatic rings. The Balaban J connectivity index is 1.73. The number of aromatic carboxylic acids is 1. The van der Waals surface area contributed by atoms with Crippen LogP contribution in [0.5, 0.6) is 0 Å². The van der Waals surface area contributed by atoms with Crippen molar-refractivity contribution in [3.8, 4) is 0 Å². The molecule has 0 aromatic heterocycles. The molecule has 0 amide bonds. The van der Waals surface area contributed by atoms with Crippen LogP contribution in [0.1, 0.15) is 39.9 Å². The number of benzene rings is 2. The fraction of sp³-hybridized carbons (Fsp3) is 0.211. The van der Waals surface area contributed by atoms with E-state index in [1.165, 1.54) is 6.07 Å². The number of nitrogens with one attached hydrogen (secondary N) is 1. The number of carboxylic acids is 1. The van der Waals surface area contributed by atoms with Crippen LogP contribution in [0.15, 0.2) is 54.6 Å². The Morgan fingerprint density at radius 1 is 1.17 bits per heavy atom. The number of allylic oxidation sites excluding steroid dienone is 2. The minimum absolute atomic E-state index is 0.0933. The summed E-state index contributed by atoms with van der Waals surface area (Å²) in [6.45, 7) is 0. The molecular weight excluding hydrogens is 293 g/mol. The van der Waals surface area contributed by atoms with Crippen molar-refractivity contribution in [3.63, 3.8) is 0 Å². The summed E-state index contributed by atoms with van der Waals surface area (Å²) in [4.78, 5) is 11.0. The van der Waals surface area contributed by atoms with E-state index in [0.717, 1.165) is 23.2 Å². The van der Waals surface area contributed by atoms with E-state index in [1.807, 2.05) is 12.1 Å². The smallest absolute Gasteiger partial charge is 0.335 e. The highest BCUT2D eigenvalue weighted by atomic mass is 19.1. The molecule has 0 spiro atoms. The zero-order valence-electron chi connectivity index (χ0n) is 12.4. The third kappa shape index (κ3) is 2.31. The van der Waals surface area contributed by atoms with Crippen molar-refractivity contribution in [3.05, 3.63) is 77.1 Å². The molecule has 2 N–H and O–H groups in total. The van der Waals surface area contributed by atoms with E-state index in [9.17, 15) is 9.18 Å². The molecule has 4 heteroatoms. The lowest BCUT2D eigenvalue weighted by atomic mass is 9.77. The lowest BCUT2D eigenvalue weighted by Gasteiger charge is -2.37. The van der Waals surface area contributed by atoms with Crippen LogP contribution in [-0.2, 0) is 0 Å². The predicted molar refractivity (Wildman–Crippen MR) is 86.2 cm³/mol. The first-order valence-corrected chi connectivity index (χ1v) is 7.69. The Kier molecular flexibility index (Phi) is 3.18. The number of hydrogen-bond donors (Lipinski definition) is 2. The number of carbonyl (C=O) groups is 1. The largest absolute Gasteiger partial charge is 0.478 e. The first-order chi connectivity index (χ1) is 11.1. The predicted octanol–water partition coefficient (Wildman–Crippen LogP) is 4.35. The molecule has 1 heterocycles. The monoisotopic (exact) mass is 309 g/mol. The molecule has 0 unspecified atom stereocenters. The maximum absolute atomic E-state index is 13.6. The Hall–Kier alpha value is -2.62. The number of anilines is 1. The van der Waals surface area contributed by atoms with Gasteiger partial charge in [0.05, 0.1) is 11.6 Å². The average Bonchev–Trinajstić information content (AvgIpc) is 3.04. The van der Waals surface area contributed by atoms with Crippen molar-refractivity contribution >= 4 is 11.7 Å². The molecule has 0 saturated carbocycles. The van der Waals surface area contributed by atoms with Gasteiger partial charge in [-0.1, -0.05) is 24.3 Å². The molecule has 2 aromatic carbocycles. The Morgan fingerprint density at radius 3 is 2.70 bits per heavy atom. The summed E-state index contributed by atoms with van der Waals surface area (Å²) >= 11 is 0. The summed E-state index contributed by atoms with van der Waals surface area (Å²) < 4.78 is 13.6. The van der Waals surface area contributed by atoms with Crippen molar-refractivity contribution < 1.29 is 14.3 Å². The van der Waals surface area contributed by atoms with Gasteiger partial charge in [-0.05, 0) is 53.8 Å². The van der Waals surface area contributed by atoms with Gasteiger partial charge in [0.25, 0.3) is 0 Å². The van der Waals surface area contributed by atoms with Crippen LogP contribution in [0.2, 0.25) is 0 Å². The zero-order valence-corrected chi connectivity index (χ0v) is 12.4. The van der Waals surface area contributed by atoms with Gasteiger partial charge in [0.1, 0.15) is 5.82 Å². The minimum atomic E-state index is -0.922. The fourth-order valence-electron chi connectivity index (χ4n) is 3.73. The molecule has 0 saturated heterocycles. The number of halogens is 1. The van der Waals surface area contributed by atoms with Gasteiger partial charge in [-0.25, -0.2) is 9.18 Å². The third-order valence-corrected chi connectivity index (χ3v) is 4.84. The van der Waals surface area contributed by atoms with E-state index in [4.69, 9.17) is 5.11 Å². The van der Waals surface area contributed by atoms with Crippen LogP contribution >= 0.6 is 0 Å². The molecule has 3 nitrogen and oxygen atoms in total. The summed E-state index contributed by atoms with van der Waals surface area (Å²) in [7, 11) is 0. The second-order valence-electron chi connectivity index (χ2n) is 6.13. The van der Waals surface area contributed by atoms with Crippen LogP contribution in [0.25, 0.3) is 0 Å². The van der Waals surface area contributed by atoms with Crippen molar-refractivity contribution in [2.75, 3.05) is 5.32 Å². The van der Waals surface area contributed by atoms with Crippen molar-refractivity contribution in [2.45, 2.75) is 18.4 Å². The van der Waals surface area contributed by atoms with Crippen molar-refractivity contribution in [2.24, 2.45) is 5.92 Å². The van der Waals surface area contributed by atoms with Crippen molar-refractivity contribution in [1.82, 2.24) is 0 Å². The molecule has 0 radical (unpaired) electrons. The lowest BCUT2D eigenvalue weighted by Crippen LogP contribution is -2.29. The molecule has 3 atom stereocenters. The Labute approximate surface area is 133 Å².